The molecule has 4 aromatic rings. The average molecular weight is 475 g/mol. The monoisotopic (exact) mass is 474 g/mol. The van der Waals surface area contributed by atoms with Crippen LogP contribution in [0.5, 0.6) is 5.75 Å². The van der Waals surface area contributed by atoms with Crippen molar-refractivity contribution in [2.75, 3.05) is 7.11 Å². The third-order valence-corrected chi connectivity index (χ3v) is 5.99. The molecular formula is C26H19ClN2O5. The number of benzene rings is 2. The molecule has 0 bridgehead atoms. The van der Waals surface area contributed by atoms with Gasteiger partial charge in [-0.2, -0.15) is 0 Å². The summed E-state index contributed by atoms with van der Waals surface area (Å²) in [5, 5.41) is 12.0. The molecule has 0 radical (unpaired) electrons. The highest BCUT2D eigenvalue weighted by atomic mass is 35.5. The molecule has 3 heterocycles. The molecule has 170 valence electrons. The summed E-state index contributed by atoms with van der Waals surface area (Å²) < 4.78 is 11.3. The van der Waals surface area contributed by atoms with Crippen LogP contribution in [0.2, 0.25) is 5.02 Å². The summed E-state index contributed by atoms with van der Waals surface area (Å²) in [5.41, 5.74) is 1.70. The van der Waals surface area contributed by atoms with Crippen LogP contribution in [0.15, 0.2) is 88.8 Å². The molecule has 2 aromatic carbocycles. The molecule has 7 nitrogen and oxygen atoms in total. The standard InChI is InChI=1S/C26H19ClN2O5/c1-33-20-7-3-2-6-18(20)23-22(24(30)21-12-16-11-17(27)8-9-19(16)34-21)25(31)26(32)29(23)14-15-5-4-10-28-13-15/h2-13,23,31H,14H2,1H3. The van der Waals surface area contributed by atoms with Crippen molar-refractivity contribution in [1.82, 2.24) is 9.88 Å². The first-order valence-electron chi connectivity index (χ1n) is 10.5. The highest BCUT2D eigenvalue weighted by molar-refractivity contribution is 6.31. The van der Waals surface area contributed by atoms with Gasteiger partial charge in [0.15, 0.2) is 11.5 Å². The number of carbonyl (C=O) groups is 2. The number of nitrogens with zero attached hydrogens (tertiary/aromatic N) is 2. The topological polar surface area (TPSA) is 92.9 Å². The van der Waals surface area contributed by atoms with Gasteiger partial charge >= 0.3 is 0 Å². The summed E-state index contributed by atoms with van der Waals surface area (Å²) in [5.74, 6) is -1.41. The number of halogens is 1. The van der Waals surface area contributed by atoms with E-state index in [0.717, 1.165) is 5.56 Å². The van der Waals surface area contributed by atoms with Crippen molar-refractivity contribution >= 4 is 34.3 Å². The lowest BCUT2D eigenvalue weighted by atomic mass is 9.94. The molecule has 34 heavy (non-hydrogen) atoms. The van der Waals surface area contributed by atoms with Crippen molar-refractivity contribution in [1.29, 1.82) is 0 Å². The number of ketones is 1. The van der Waals surface area contributed by atoms with E-state index in [2.05, 4.69) is 4.98 Å². The molecule has 1 aliphatic rings. The van der Waals surface area contributed by atoms with Gasteiger partial charge in [-0.15, -0.1) is 0 Å². The normalized spacial score (nSPS) is 15.9. The number of fused-ring (bicyclic) bond motifs is 1. The number of furan rings is 1. The number of methoxy groups -OCH3 is 1. The molecule has 0 saturated carbocycles. The van der Waals surface area contributed by atoms with Crippen molar-refractivity contribution in [3.05, 3.63) is 106 Å². The Morgan fingerprint density at radius 2 is 2.00 bits per heavy atom. The number of aliphatic hydroxyl groups excluding tert-OH is 1. The second kappa shape index (κ2) is 8.68. The number of amides is 1. The molecule has 0 fully saturated rings. The molecule has 1 unspecified atom stereocenters. The predicted octanol–water partition coefficient (Wildman–Crippen LogP) is 5.27. The van der Waals surface area contributed by atoms with Gasteiger partial charge in [0, 0.05) is 34.9 Å². The van der Waals surface area contributed by atoms with E-state index < -0.39 is 23.5 Å². The van der Waals surface area contributed by atoms with E-state index in [1.165, 1.54) is 12.0 Å². The number of hydrogen-bond acceptors (Lipinski definition) is 6. The smallest absolute Gasteiger partial charge is 0.290 e. The van der Waals surface area contributed by atoms with Gasteiger partial charge in [-0.1, -0.05) is 35.9 Å². The van der Waals surface area contributed by atoms with Crippen molar-refractivity contribution in [2.24, 2.45) is 0 Å². The van der Waals surface area contributed by atoms with Gasteiger partial charge in [-0.25, -0.2) is 0 Å². The van der Waals surface area contributed by atoms with Crippen LogP contribution < -0.4 is 4.74 Å². The number of carbonyl (C=O) groups excluding carboxylic acids is 2. The minimum absolute atomic E-state index is 0.00487. The Kier molecular flexibility index (Phi) is 5.55. The van der Waals surface area contributed by atoms with Gasteiger partial charge < -0.3 is 19.2 Å². The number of pyridine rings is 1. The average Bonchev–Trinajstić information content (AvgIpc) is 3.38. The maximum atomic E-state index is 13.7. The van der Waals surface area contributed by atoms with E-state index in [0.29, 0.717) is 27.3 Å². The molecule has 1 amide bonds. The number of aliphatic hydroxyl groups is 1. The predicted molar refractivity (Wildman–Crippen MR) is 126 cm³/mol. The van der Waals surface area contributed by atoms with Crippen molar-refractivity contribution in [2.45, 2.75) is 12.6 Å². The first-order valence-corrected chi connectivity index (χ1v) is 10.9. The van der Waals surface area contributed by atoms with E-state index >= 15 is 0 Å². The summed E-state index contributed by atoms with van der Waals surface area (Å²) in [6.45, 7) is 0.131. The van der Waals surface area contributed by atoms with E-state index in [1.807, 2.05) is 6.07 Å². The molecule has 8 heteroatoms. The number of Topliss-reactive ketones (excluding diaryl/α,β-unsaturated/α-hetero) is 1. The Bertz CT molecular complexity index is 1440. The summed E-state index contributed by atoms with van der Waals surface area (Å²) in [6, 6.07) is 16.3. The quantitative estimate of drug-likeness (QED) is 0.383. The minimum atomic E-state index is -0.895. The van der Waals surface area contributed by atoms with Crippen LogP contribution >= 0.6 is 11.6 Å². The summed E-state index contributed by atoms with van der Waals surface area (Å²) in [7, 11) is 1.51. The zero-order valence-corrected chi connectivity index (χ0v) is 18.8. The highest BCUT2D eigenvalue weighted by Gasteiger charge is 2.45. The summed E-state index contributed by atoms with van der Waals surface area (Å²) in [6.07, 6.45) is 3.26. The van der Waals surface area contributed by atoms with Crippen molar-refractivity contribution in [3.8, 4) is 5.75 Å². The number of ether oxygens (including phenoxy) is 1. The molecular weight excluding hydrogens is 456 g/mol. The second-order valence-corrected chi connectivity index (χ2v) is 8.26. The maximum Gasteiger partial charge on any atom is 0.290 e. The summed E-state index contributed by atoms with van der Waals surface area (Å²) in [4.78, 5) is 32.4. The Morgan fingerprint density at radius 3 is 2.76 bits per heavy atom. The number of aromatic nitrogens is 1. The minimum Gasteiger partial charge on any atom is -0.503 e. The first-order chi connectivity index (χ1) is 16.5. The van der Waals surface area contributed by atoms with Crippen LogP contribution in [0.25, 0.3) is 11.0 Å². The SMILES string of the molecule is COc1ccccc1C1C(C(=O)c2cc3cc(Cl)ccc3o2)=C(O)C(=O)N1Cc1cccnc1. The Morgan fingerprint density at radius 1 is 1.18 bits per heavy atom. The van der Waals surface area contributed by atoms with Crippen LogP contribution in [-0.2, 0) is 11.3 Å². The first kappa shape index (κ1) is 21.7. The number of para-hydroxylation sites is 1. The lowest BCUT2D eigenvalue weighted by molar-refractivity contribution is -0.130. The van der Waals surface area contributed by atoms with Gasteiger partial charge in [-0.3, -0.25) is 14.6 Å². The fourth-order valence-electron chi connectivity index (χ4n) is 4.21. The Balaban J connectivity index is 1.63. The molecule has 0 saturated heterocycles. The zero-order chi connectivity index (χ0) is 23.8. The van der Waals surface area contributed by atoms with Gasteiger partial charge in [0.05, 0.1) is 18.7 Å². The van der Waals surface area contributed by atoms with Gasteiger partial charge in [0.1, 0.15) is 11.3 Å². The van der Waals surface area contributed by atoms with Gasteiger partial charge in [0.2, 0.25) is 5.78 Å². The summed E-state index contributed by atoms with van der Waals surface area (Å²) >= 11 is 6.06. The van der Waals surface area contributed by atoms with E-state index in [-0.39, 0.29) is 17.9 Å². The fraction of sp³-hybridized carbons (Fsp3) is 0.115. The van der Waals surface area contributed by atoms with E-state index in [9.17, 15) is 14.7 Å². The van der Waals surface area contributed by atoms with Crippen LogP contribution in [0.1, 0.15) is 27.7 Å². The van der Waals surface area contributed by atoms with Crippen molar-refractivity contribution in [3.63, 3.8) is 0 Å². The highest BCUT2D eigenvalue weighted by Crippen LogP contribution is 2.43. The van der Waals surface area contributed by atoms with Gasteiger partial charge in [0.25, 0.3) is 5.91 Å². The lowest BCUT2D eigenvalue weighted by Crippen LogP contribution is -2.31. The Hall–Kier alpha value is -4.10. The van der Waals surface area contributed by atoms with Crippen LogP contribution in [0, 0.1) is 0 Å². The van der Waals surface area contributed by atoms with E-state index in [1.54, 1.807) is 67.0 Å². The maximum absolute atomic E-state index is 13.7. The van der Waals surface area contributed by atoms with Crippen LogP contribution in [0.4, 0.5) is 0 Å². The van der Waals surface area contributed by atoms with Gasteiger partial charge in [-0.05, 0) is 42.0 Å². The molecule has 5 rings (SSSR count). The zero-order valence-electron chi connectivity index (χ0n) is 18.1. The number of rotatable bonds is 6. The molecule has 0 spiro atoms. The molecule has 1 aliphatic heterocycles. The van der Waals surface area contributed by atoms with E-state index in [4.69, 9.17) is 20.8 Å². The Labute approximate surface area is 199 Å². The number of hydrogen-bond donors (Lipinski definition) is 1. The lowest BCUT2D eigenvalue weighted by Gasteiger charge is -2.27. The molecule has 1 N–H and O–H groups in total. The molecule has 2 aromatic heterocycles. The van der Waals surface area contributed by atoms with Crippen LogP contribution in [-0.4, -0.2) is 33.8 Å². The van der Waals surface area contributed by atoms with Crippen molar-refractivity contribution < 1.29 is 23.8 Å². The fourth-order valence-corrected chi connectivity index (χ4v) is 4.39. The second-order valence-electron chi connectivity index (χ2n) is 7.82. The molecule has 1 atom stereocenters. The van der Waals surface area contributed by atoms with Crippen LogP contribution in [0.3, 0.4) is 0 Å². The third kappa shape index (κ3) is 3.70. The third-order valence-electron chi connectivity index (χ3n) is 5.76. The largest absolute Gasteiger partial charge is 0.503 e. The molecule has 0 aliphatic carbocycles.